The summed E-state index contributed by atoms with van der Waals surface area (Å²) in [6.45, 7) is 2.82. The summed E-state index contributed by atoms with van der Waals surface area (Å²) < 4.78 is 5.16. The first kappa shape index (κ1) is 18.2. The number of nitrogens with zero attached hydrogens (tertiary/aromatic N) is 1. The number of amides is 2. The largest absolute Gasteiger partial charge is 0.412 e. The van der Waals surface area contributed by atoms with E-state index in [4.69, 9.17) is 4.74 Å². The van der Waals surface area contributed by atoms with Gasteiger partial charge in [-0.2, -0.15) is 0 Å². The molecule has 2 rings (SSSR count). The fourth-order valence-corrected chi connectivity index (χ4v) is 2.09. The zero-order valence-electron chi connectivity index (χ0n) is 14.1. The van der Waals surface area contributed by atoms with E-state index < -0.39 is 6.09 Å². The summed E-state index contributed by atoms with van der Waals surface area (Å²) in [5.41, 5.74) is 1.84. The SMILES string of the molecule is CCNC(=O)Oc1cccc(CCNC(=O)/C=C/c2cccnc2)c1. The third-order valence-corrected chi connectivity index (χ3v) is 3.25. The Morgan fingerprint density at radius 2 is 2.08 bits per heavy atom. The highest BCUT2D eigenvalue weighted by Crippen LogP contribution is 2.13. The van der Waals surface area contributed by atoms with Gasteiger partial charge in [-0.05, 0) is 48.7 Å². The predicted octanol–water partition coefficient (Wildman–Crippen LogP) is 2.56. The van der Waals surface area contributed by atoms with Crippen LogP contribution in [-0.2, 0) is 11.2 Å². The summed E-state index contributed by atoms with van der Waals surface area (Å²) >= 11 is 0. The normalized spacial score (nSPS) is 10.4. The lowest BCUT2D eigenvalue weighted by molar-refractivity contribution is -0.116. The second-order valence-electron chi connectivity index (χ2n) is 5.23. The lowest BCUT2D eigenvalue weighted by Crippen LogP contribution is -2.26. The fourth-order valence-electron chi connectivity index (χ4n) is 2.09. The van der Waals surface area contributed by atoms with E-state index in [0.717, 1.165) is 11.1 Å². The molecule has 0 unspecified atom stereocenters. The van der Waals surface area contributed by atoms with Crippen LogP contribution in [0, 0.1) is 0 Å². The van der Waals surface area contributed by atoms with Crippen LogP contribution in [-0.4, -0.2) is 30.1 Å². The van der Waals surface area contributed by atoms with Gasteiger partial charge < -0.3 is 15.4 Å². The molecule has 0 saturated heterocycles. The Labute approximate surface area is 146 Å². The van der Waals surface area contributed by atoms with E-state index in [0.29, 0.717) is 25.3 Å². The maximum Gasteiger partial charge on any atom is 0.412 e. The molecule has 0 saturated carbocycles. The standard InChI is InChI=1S/C19H21N3O3/c1-2-21-19(24)25-17-7-3-5-15(13-17)10-12-22-18(23)9-8-16-6-4-11-20-14-16/h3-9,11,13-14H,2,10,12H2,1H3,(H,21,24)(H,22,23)/b9-8+. The highest BCUT2D eigenvalue weighted by atomic mass is 16.6. The Hall–Kier alpha value is -3.15. The minimum atomic E-state index is -0.478. The molecule has 0 radical (unpaired) electrons. The average molecular weight is 339 g/mol. The number of pyridine rings is 1. The third kappa shape index (κ3) is 6.87. The maximum atomic E-state index is 11.8. The first-order chi connectivity index (χ1) is 12.2. The second kappa shape index (κ2) is 9.87. The number of benzene rings is 1. The van der Waals surface area contributed by atoms with Crippen molar-refractivity contribution in [1.29, 1.82) is 0 Å². The lowest BCUT2D eigenvalue weighted by Gasteiger charge is -2.07. The van der Waals surface area contributed by atoms with Crippen molar-refractivity contribution in [2.75, 3.05) is 13.1 Å². The van der Waals surface area contributed by atoms with Gasteiger partial charge in [-0.1, -0.05) is 18.2 Å². The van der Waals surface area contributed by atoms with Crippen molar-refractivity contribution in [2.45, 2.75) is 13.3 Å². The first-order valence-corrected chi connectivity index (χ1v) is 8.08. The van der Waals surface area contributed by atoms with Crippen LogP contribution < -0.4 is 15.4 Å². The van der Waals surface area contributed by atoms with E-state index in [9.17, 15) is 9.59 Å². The Bertz CT molecular complexity index is 730. The monoisotopic (exact) mass is 339 g/mol. The van der Waals surface area contributed by atoms with Crippen molar-refractivity contribution >= 4 is 18.1 Å². The molecular weight excluding hydrogens is 318 g/mol. The molecule has 2 N–H and O–H groups in total. The van der Waals surface area contributed by atoms with Crippen LogP contribution in [0.4, 0.5) is 4.79 Å². The zero-order chi connectivity index (χ0) is 17.9. The smallest absolute Gasteiger partial charge is 0.410 e. The molecule has 130 valence electrons. The van der Waals surface area contributed by atoms with Crippen molar-refractivity contribution in [3.63, 3.8) is 0 Å². The minimum absolute atomic E-state index is 0.168. The summed E-state index contributed by atoms with van der Waals surface area (Å²) in [7, 11) is 0. The molecule has 1 heterocycles. The summed E-state index contributed by atoms with van der Waals surface area (Å²) in [5.74, 6) is 0.310. The lowest BCUT2D eigenvalue weighted by atomic mass is 10.1. The molecule has 2 amide bonds. The number of hydrogen-bond donors (Lipinski definition) is 2. The van der Waals surface area contributed by atoms with Crippen molar-refractivity contribution in [3.05, 3.63) is 66.0 Å². The molecule has 0 spiro atoms. The van der Waals surface area contributed by atoms with Gasteiger partial charge >= 0.3 is 6.09 Å². The van der Waals surface area contributed by atoms with Crippen LogP contribution in [0.15, 0.2) is 54.9 Å². The van der Waals surface area contributed by atoms with E-state index in [1.807, 2.05) is 31.2 Å². The van der Waals surface area contributed by atoms with Gasteiger partial charge in [0.2, 0.25) is 5.91 Å². The average Bonchev–Trinajstić information content (AvgIpc) is 2.61. The third-order valence-electron chi connectivity index (χ3n) is 3.25. The van der Waals surface area contributed by atoms with Crippen molar-refractivity contribution in [3.8, 4) is 5.75 Å². The van der Waals surface area contributed by atoms with Crippen LogP contribution in [0.2, 0.25) is 0 Å². The van der Waals surface area contributed by atoms with E-state index in [1.54, 1.807) is 30.6 Å². The van der Waals surface area contributed by atoms with Crippen molar-refractivity contribution < 1.29 is 14.3 Å². The predicted molar refractivity (Wildman–Crippen MR) is 96.1 cm³/mol. The van der Waals surface area contributed by atoms with E-state index >= 15 is 0 Å². The van der Waals surface area contributed by atoms with Gasteiger partial charge in [-0.3, -0.25) is 9.78 Å². The maximum absolute atomic E-state index is 11.8. The molecule has 2 aromatic rings. The van der Waals surface area contributed by atoms with Crippen molar-refractivity contribution in [2.24, 2.45) is 0 Å². The van der Waals surface area contributed by atoms with Gasteiger partial charge in [0, 0.05) is 31.6 Å². The molecule has 1 aromatic heterocycles. The highest BCUT2D eigenvalue weighted by molar-refractivity contribution is 5.91. The Balaban J connectivity index is 1.78. The number of nitrogens with one attached hydrogen (secondary N) is 2. The Morgan fingerprint density at radius 3 is 2.84 bits per heavy atom. The molecule has 6 nitrogen and oxygen atoms in total. The van der Waals surface area contributed by atoms with Gasteiger partial charge in [-0.15, -0.1) is 0 Å². The molecule has 0 aliphatic rings. The highest BCUT2D eigenvalue weighted by Gasteiger charge is 2.03. The van der Waals surface area contributed by atoms with Gasteiger partial charge in [0.15, 0.2) is 0 Å². The van der Waals surface area contributed by atoms with Crippen LogP contribution in [0.1, 0.15) is 18.1 Å². The Morgan fingerprint density at radius 1 is 1.20 bits per heavy atom. The summed E-state index contributed by atoms with van der Waals surface area (Å²) in [5, 5.41) is 5.38. The van der Waals surface area contributed by atoms with Gasteiger partial charge in [0.05, 0.1) is 0 Å². The summed E-state index contributed by atoms with van der Waals surface area (Å²) in [6.07, 6.45) is 6.72. The molecule has 0 aliphatic carbocycles. The van der Waals surface area contributed by atoms with E-state index in [1.165, 1.54) is 6.08 Å². The molecule has 0 atom stereocenters. The molecular formula is C19H21N3O3. The van der Waals surface area contributed by atoms with Crippen LogP contribution in [0.25, 0.3) is 6.08 Å². The topological polar surface area (TPSA) is 80.3 Å². The number of ether oxygens (including phenoxy) is 1. The van der Waals surface area contributed by atoms with Crippen molar-refractivity contribution in [1.82, 2.24) is 15.6 Å². The van der Waals surface area contributed by atoms with Gasteiger partial charge in [-0.25, -0.2) is 4.79 Å². The minimum Gasteiger partial charge on any atom is -0.410 e. The number of hydrogen-bond acceptors (Lipinski definition) is 4. The van der Waals surface area contributed by atoms with Gasteiger partial charge in [0.1, 0.15) is 5.75 Å². The molecule has 0 aliphatic heterocycles. The first-order valence-electron chi connectivity index (χ1n) is 8.08. The number of rotatable bonds is 7. The van der Waals surface area contributed by atoms with Crippen LogP contribution >= 0.6 is 0 Å². The number of carbonyl (C=O) groups excluding carboxylic acids is 2. The zero-order valence-corrected chi connectivity index (χ0v) is 14.1. The summed E-state index contributed by atoms with van der Waals surface area (Å²) in [6, 6.07) is 10.9. The summed E-state index contributed by atoms with van der Waals surface area (Å²) in [4.78, 5) is 27.2. The molecule has 1 aromatic carbocycles. The number of carbonyl (C=O) groups is 2. The Kier molecular flexibility index (Phi) is 7.18. The van der Waals surface area contributed by atoms with E-state index in [2.05, 4.69) is 15.6 Å². The molecule has 6 heteroatoms. The molecule has 0 fully saturated rings. The number of aromatic nitrogens is 1. The van der Waals surface area contributed by atoms with Gasteiger partial charge in [0.25, 0.3) is 0 Å². The quantitative estimate of drug-likeness (QED) is 0.760. The van der Waals surface area contributed by atoms with Crippen LogP contribution in [0.5, 0.6) is 5.75 Å². The second-order valence-corrected chi connectivity index (χ2v) is 5.23. The fraction of sp³-hybridized carbons (Fsp3) is 0.211. The molecule has 25 heavy (non-hydrogen) atoms. The van der Waals surface area contributed by atoms with Crippen LogP contribution in [0.3, 0.4) is 0 Å². The molecule has 0 bridgehead atoms. The van der Waals surface area contributed by atoms with E-state index in [-0.39, 0.29) is 5.91 Å².